The van der Waals surface area contributed by atoms with E-state index in [4.69, 9.17) is 30.5 Å². The number of hydrogen-bond acceptors (Lipinski definition) is 6. The number of nitrogens with zero attached hydrogens (tertiary/aromatic N) is 1. The number of hydrogen-bond donors (Lipinski definition) is 1. The Bertz CT molecular complexity index is 900. The molecule has 0 spiro atoms. The third-order valence-electron chi connectivity index (χ3n) is 4.78. The highest BCUT2D eigenvalue weighted by atomic mass is 35.5. The van der Waals surface area contributed by atoms with Crippen molar-refractivity contribution in [2.75, 3.05) is 56.3 Å². The van der Waals surface area contributed by atoms with Gasteiger partial charge in [-0.1, -0.05) is 11.6 Å². The molecule has 0 saturated carbocycles. The van der Waals surface area contributed by atoms with Crippen LogP contribution < -0.4 is 24.4 Å². The molecule has 1 N–H and O–H groups in total. The Morgan fingerprint density at radius 2 is 1.74 bits per heavy atom. The average molecular weight is 449 g/mol. The monoisotopic (exact) mass is 448 g/mol. The minimum absolute atomic E-state index is 0.136. The van der Waals surface area contributed by atoms with Crippen molar-refractivity contribution < 1.29 is 23.7 Å². The summed E-state index contributed by atoms with van der Waals surface area (Å²) in [4.78, 5) is 14.8. The van der Waals surface area contributed by atoms with Gasteiger partial charge in [-0.25, -0.2) is 0 Å². The van der Waals surface area contributed by atoms with E-state index in [0.717, 1.165) is 24.3 Å². The fraction of sp³-hybridized carbons (Fsp3) is 0.435. The lowest BCUT2D eigenvalue weighted by molar-refractivity contribution is -0.118. The zero-order valence-electron chi connectivity index (χ0n) is 18.2. The molecule has 0 aliphatic carbocycles. The van der Waals surface area contributed by atoms with Crippen molar-refractivity contribution in [2.45, 2.75) is 20.8 Å². The molecule has 3 rings (SSSR count). The fourth-order valence-electron chi connectivity index (χ4n) is 3.35. The molecular weight excluding hydrogens is 420 g/mol. The number of morpholine rings is 1. The minimum atomic E-state index is -0.295. The first-order valence-electron chi connectivity index (χ1n) is 10.5. The molecule has 0 bridgehead atoms. The molecule has 1 fully saturated rings. The number of amides is 1. The van der Waals surface area contributed by atoms with Gasteiger partial charge in [-0.15, -0.1) is 0 Å². The largest absolute Gasteiger partial charge is 0.492 e. The Hall–Kier alpha value is -2.64. The van der Waals surface area contributed by atoms with Crippen molar-refractivity contribution in [3.05, 3.63) is 40.9 Å². The first kappa shape index (κ1) is 23.0. The summed E-state index contributed by atoms with van der Waals surface area (Å²) in [5.41, 5.74) is 2.34. The Kier molecular flexibility index (Phi) is 8.26. The minimum Gasteiger partial charge on any atom is -0.492 e. The van der Waals surface area contributed by atoms with E-state index in [2.05, 4.69) is 10.2 Å². The van der Waals surface area contributed by atoms with E-state index in [1.54, 1.807) is 18.2 Å². The highest BCUT2D eigenvalue weighted by Gasteiger charge is 2.20. The number of nitrogens with one attached hydrogen (secondary N) is 1. The molecule has 0 radical (unpaired) electrons. The second kappa shape index (κ2) is 11.1. The van der Waals surface area contributed by atoms with E-state index >= 15 is 0 Å². The fourth-order valence-corrected chi connectivity index (χ4v) is 3.58. The second-order valence-electron chi connectivity index (χ2n) is 7.03. The van der Waals surface area contributed by atoms with Crippen LogP contribution in [0.15, 0.2) is 30.3 Å². The molecule has 1 heterocycles. The van der Waals surface area contributed by atoms with Crippen LogP contribution in [0, 0.1) is 6.92 Å². The van der Waals surface area contributed by atoms with Gasteiger partial charge in [-0.05, 0) is 44.5 Å². The predicted molar refractivity (Wildman–Crippen MR) is 122 cm³/mol. The van der Waals surface area contributed by atoms with Crippen LogP contribution in [0.25, 0.3) is 0 Å². The second-order valence-corrected chi connectivity index (χ2v) is 7.46. The van der Waals surface area contributed by atoms with Crippen LogP contribution in [0.2, 0.25) is 5.02 Å². The van der Waals surface area contributed by atoms with Gasteiger partial charge in [-0.3, -0.25) is 4.79 Å². The number of anilines is 2. The molecule has 0 atom stereocenters. The SMILES string of the molecule is CCOc1cc(N2CCOCC2)c(OCC)cc1NC(=O)COc1ccc(Cl)cc1C. The van der Waals surface area contributed by atoms with Crippen LogP contribution in [0.5, 0.6) is 17.2 Å². The Balaban J connectivity index is 1.77. The smallest absolute Gasteiger partial charge is 0.262 e. The summed E-state index contributed by atoms with van der Waals surface area (Å²) in [6, 6.07) is 9.00. The van der Waals surface area contributed by atoms with E-state index < -0.39 is 0 Å². The van der Waals surface area contributed by atoms with E-state index in [0.29, 0.717) is 54.4 Å². The maximum absolute atomic E-state index is 12.6. The summed E-state index contributed by atoms with van der Waals surface area (Å²) in [5, 5.41) is 3.51. The molecule has 1 aliphatic heterocycles. The molecule has 1 amide bonds. The number of benzene rings is 2. The highest BCUT2D eigenvalue weighted by molar-refractivity contribution is 6.30. The maximum atomic E-state index is 12.6. The van der Waals surface area contributed by atoms with E-state index in [1.807, 2.05) is 32.9 Å². The molecule has 1 aliphatic rings. The van der Waals surface area contributed by atoms with E-state index in [1.165, 1.54) is 0 Å². The van der Waals surface area contributed by atoms with Crippen molar-refractivity contribution in [3.8, 4) is 17.2 Å². The van der Waals surface area contributed by atoms with Gasteiger partial charge in [0, 0.05) is 30.2 Å². The molecule has 2 aromatic carbocycles. The standard InChI is InChI=1S/C23H29ClN2O5/c1-4-29-21-14-19(26-8-10-28-11-9-26)22(30-5-2)13-18(21)25-23(27)15-31-20-7-6-17(24)12-16(20)3/h6-7,12-14H,4-5,8-11,15H2,1-3H3,(H,25,27). The van der Waals surface area contributed by atoms with E-state index in [9.17, 15) is 4.79 Å². The number of carbonyl (C=O) groups excluding carboxylic acids is 1. The number of halogens is 1. The summed E-state index contributed by atoms with van der Waals surface area (Å²) in [7, 11) is 0. The van der Waals surface area contributed by atoms with Gasteiger partial charge in [0.25, 0.3) is 5.91 Å². The summed E-state index contributed by atoms with van der Waals surface area (Å²) in [5.74, 6) is 1.60. The average Bonchev–Trinajstić information content (AvgIpc) is 2.75. The van der Waals surface area contributed by atoms with Crippen LogP contribution in [0.3, 0.4) is 0 Å². The number of carbonyl (C=O) groups is 1. The zero-order chi connectivity index (χ0) is 22.2. The maximum Gasteiger partial charge on any atom is 0.262 e. The van der Waals surface area contributed by atoms with Crippen LogP contribution in [-0.4, -0.2) is 52.0 Å². The number of rotatable bonds is 9. The van der Waals surface area contributed by atoms with Crippen molar-refractivity contribution in [3.63, 3.8) is 0 Å². The van der Waals surface area contributed by atoms with Gasteiger partial charge in [0.05, 0.1) is 37.8 Å². The molecular formula is C23H29ClN2O5. The molecule has 168 valence electrons. The number of aryl methyl sites for hydroxylation is 1. The van der Waals surface area contributed by atoms with Crippen LogP contribution in [-0.2, 0) is 9.53 Å². The molecule has 0 aromatic heterocycles. The topological polar surface area (TPSA) is 69.3 Å². The quantitative estimate of drug-likeness (QED) is 0.616. The summed E-state index contributed by atoms with van der Waals surface area (Å²) in [6.07, 6.45) is 0. The Morgan fingerprint density at radius 3 is 2.42 bits per heavy atom. The van der Waals surface area contributed by atoms with Gasteiger partial charge < -0.3 is 29.2 Å². The van der Waals surface area contributed by atoms with Crippen LogP contribution in [0.4, 0.5) is 11.4 Å². The van der Waals surface area contributed by atoms with Gasteiger partial charge in [0.15, 0.2) is 6.61 Å². The molecule has 1 saturated heterocycles. The lowest BCUT2D eigenvalue weighted by Crippen LogP contribution is -2.36. The molecule has 7 nitrogen and oxygen atoms in total. The Morgan fingerprint density at radius 1 is 1.03 bits per heavy atom. The summed E-state index contributed by atoms with van der Waals surface area (Å²) >= 11 is 5.97. The van der Waals surface area contributed by atoms with Gasteiger partial charge in [0.2, 0.25) is 0 Å². The lowest BCUT2D eigenvalue weighted by atomic mass is 10.2. The van der Waals surface area contributed by atoms with Gasteiger partial charge in [-0.2, -0.15) is 0 Å². The van der Waals surface area contributed by atoms with Crippen LogP contribution >= 0.6 is 11.6 Å². The highest BCUT2D eigenvalue weighted by Crippen LogP contribution is 2.39. The summed E-state index contributed by atoms with van der Waals surface area (Å²) in [6.45, 7) is 9.43. The first-order chi connectivity index (χ1) is 15.0. The third-order valence-corrected chi connectivity index (χ3v) is 5.02. The van der Waals surface area contributed by atoms with Crippen molar-refractivity contribution >= 4 is 28.9 Å². The molecule has 31 heavy (non-hydrogen) atoms. The molecule has 8 heteroatoms. The zero-order valence-corrected chi connectivity index (χ0v) is 19.0. The van der Waals surface area contributed by atoms with Crippen molar-refractivity contribution in [2.24, 2.45) is 0 Å². The van der Waals surface area contributed by atoms with E-state index in [-0.39, 0.29) is 12.5 Å². The van der Waals surface area contributed by atoms with Gasteiger partial charge >= 0.3 is 0 Å². The Labute approximate surface area is 188 Å². The predicted octanol–water partition coefficient (Wildman–Crippen LogP) is 4.30. The molecule has 0 unspecified atom stereocenters. The van der Waals surface area contributed by atoms with Crippen molar-refractivity contribution in [1.82, 2.24) is 0 Å². The molecule has 2 aromatic rings. The normalized spacial score (nSPS) is 13.6. The van der Waals surface area contributed by atoms with Gasteiger partial charge in [0.1, 0.15) is 17.2 Å². The van der Waals surface area contributed by atoms with Crippen LogP contribution in [0.1, 0.15) is 19.4 Å². The summed E-state index contributed by atoms with van der Waals surface area (Å²) < 4.78 is 22.8. The number of ether oxygens (including phenoxy) is 4. The van der Waals surface area contributed by atoms with Crippen molar-refractivity contribution in [1.29, 1.82) is 0 Å². The third kappa shape index (κ3) is 6.18. The lowest BCUT2D eigenvalue weighted by Gasteiger charge is -2.31. The first-order valence-corrected chi connectivity index (χ1v) is 10.8.